The van der Waals surface area contributed by atoms with Crippen LogP contribution in [0, 0.1) is 0 Å². The summed E-state index contributed by atoms with van der Waals surface area (Å²) >= 11 is 0. The minimum atomic E-state index is -1.10. The molecule has 1 heterocycles. The number of carboxylic acid groups (broad SMARTS) is 1. The summed E-state index contributed by atoms with van der Waals surface area (Å²) in [7, 11) is 0. The monoisotopic (exact) mass is 263 g/mol. The average molecular weight is 263 g/mol. The molecule has 0 atom stereocenters. The maximum absolute atomic E-state index is 11.8. The molecule has 1 aromatic heterocycles. The maximum atomic E-state index is 11.8. The Morgan fingerprint density at radius 3 is 2.68 bits per heavy atom. The van der Waals surface area contributed by atoms with Crippen LogP contribution < -0.4 is 10.6 Å². The molecule has 3 N–H and O–H groups in total. The molecule has 1 aliphatic rings. The first kappa shape index (κ1) is 13.3. The lowest BCUT2D eigenvalue weighted by molar-refractivity contribution is -0.144. The first-order valence-electron chi connectivity index (χ1n) is 6.31. The normalized spacial score (nSPS) is 16.8. The number of rotatable bonds is 4. The second-order valence-corrected chi connectivity index (χ2v) is 4.76. The third-order valence-corrected chi connectivity index (χ3v) is 3.40. The fourth-order valence-corrected chi connectivity index (χ4v) is 2.32. The van der Waals surface area contributed by atoms with Gasteiger partial charge in [-0.3, -0.25) is 4.98 Å². The Morgan fingerprint density at radius 2 is 2.11 bits per heavy atom. The number of carboxylic acids is 1. The summed E-state index contributed by atoms with van der Waals surface area (Å²) < 4.78 is 0. The molecule has 0 saturated heterocycles. The van der Waals surface area contributed by atoms with Crippen molar-refractivity contribution in [1.82, 2.24) is 15.6 Å². The second kappa shape index (κ2) is 5.69. The summed E-state index contributed by atoms with van der Waals surface area (Å²) in [5, 5.41) is 14.5. The highest BCUT2D eigenvalue weighted by atomic mass is 16.4. The van der Waals surface area contributed by atoms with Gasteiger partial charge in [-0.25, -0.2) is 9.59 Å². The molecule has 2 amide bonds. The van der Waals surface area contributed by atoms with E-state index in [1.807, 2.05) is 6.07 Å². The lowest BCUT2D eigenvalue weighted by Gasteiger charge is -2.25. The van der Waals surface area contributed by atoms with Gasteiger partial charge in [0.05, 0.1) is 0 Å². The maximum Gasteiger partial charge on any atom is 0.329 e. The number of amides is 2. The van der Waals surface area contributed by atoms with Gasteiger partial charge in [-0.05, 0) is 24.5 Å². The Morgan fingerprint density at radius 1 is 1.37 bits per heavy atom. The van der Waals surface area contributed by atoms with Crippen molar-refractivity contribution in [1.29, 1.82) is 0 Å². The van der Waals surface area contributed by atoms with Crippen LogP contribution in [-0.4, -0.2) is 27.6 Å². The van der Waals surface area contributed by atoms with E-state index in [9.17, 15) is 14.7 Å². The van der Waals surface area contributed by atoms with Crippen molar-refractivity contribution in [3.8, 4) is 0 Å². The highest BCUT2D eigenvalue weighted by Gasteiger charge is 2.42. The Kier molecular flexibility index (Phi) is 3.99. The van der Waals surface area contributed by atoms with E-state index in [-0.39, 0.29) is 0 Å². The number of pyridine rings is 1. The minimum absolute atomic E-state index is 0.329. The number of hydrogen-bond acceptors (Lipinski definition) is 3. The van der Waals surface area contributed by atoms with Crippen molar-refractivity contribution >= 4 is 12.0 Å². The zero-order valence-electron chi connectivity index (χ0n) is 10.6. The predicted octanol–water partition coefficient (Wildman–Crippen LogP) is 1.28. The van der Waals surface area contributed by atoms with Crippen LogP contribution in [0.4, 0.5) is 4.79 Å². The van der Waals surface area contributed by atoms with Crippen LogP contribution in [0.1, 0.15) is 31.2 Å². The van der Waals surface area contributed by atoms with E-state index in [1.165, 1.54) is 0 Å². The van der Waals surface area contributed by atoms with Crippen LogP contribution >= 0.6 is 0 Å². The lowest BCUT2D eigenvalue weighted by Crippen LogP contribution is -2.55. The number of aromatic nitrogens is 1. The number of hydrogen-bond donors (Lipinski definition) is 3. The van der Waals surface area contributed by atoms with Crippen LogP contribution in [-0.2, 0) is 11.3 Å². The topological polar surface area (TPSA) is 91.3 Å². The fourth-order valence-electron chi connectivity index (χ4n) is 2.32. The van der Waals surface area contributed by atoms with E-state index in [2.05, 4.69) is 15.6 Å². The third kappa shape index (κ3) is 3.21. The van der Waals surface area contributed by atoms with Crippen LogP contribution in [0.2, 0.25) is 0 Å². The molecule has 0 unspecified atom stereocenters. The lowest BCUT2D eigenvalue weighted by atomic mass is 9.98. The van der Waals surface area contributed by atoms with Gasteiger partial charge in [0.15, 0.2) is 0 Å². The third-order valence-electron chi connectivity index (χ3n) is 3.40. The molecule has 0 aliphatic heterocycles. The largest absolute Gasteiger partial charge is 0.480 e. The van der Waals surface area contributed by atoms with Crippen LogP contribution in [0.5, 0.6) is 0 Å². The number of aliphatic carboxylic acids is 1. The molecule has 6 nitrogen and oxygen atoms in total. The number of carbonyl (C=O) groups is 2. The molecule has 19 heavy (non-hydrogen) atoms. The summed E-state index contributed by atoms with van der Waals surface area (Å²) in [6.45, 7) is 0.329. The standard InChI is InChI=1S/C13H17N3O3/c17-11(18)13(5-1-2-6-13)16-12(19)15-9-10-4-3-7-14-8-10/h3-4,7-8H,1-2,5-6,9H2,(H,17,18)(H2,15,16,19). The molecule has 0 bridgehead atoms. The van der Waals surface area contributed by atoms with Crippen LogP contribution in [0.3, 0.4) is 0 Å². The van der Waals surface area contributed by atoms with Gasteiger partial charge < -0.3 is 15.7 Å². The van der Waals surface area contributed by atoms with E-state index in [0.717, 1.165) is 18.4 Å². The van der Waals surface area contributed by atoms with Gasteiger partial charge in [-0.15, -0.1) is 0 Å². The molecule has 1 fully saturated rings. The molecule has 0 spiro atoms. The second-order valence-electron chi connectivity index (χ2n) is 4.76. The first-order chi connectivity index (χ1) is 9.12. The van der Waals surface area contributed by atoms with E-state index in [4.69, 9.17) is 0 Å². The Bertz CT molecular complexity index is 455. The van der Waals surface area contributed by atoms with Gasteiger partial charge in [0.1, 0.15) is 5.54 Å². The van der Waals surface area contributed by atoms with E-state index < -0.39 is 17.5 Å². The average Bonchev–Trinajstić information content (AvgIpc) is 2.87. The molecule has 0 aromatic carbocycles. The Labute approximate surface area is 111 Å². The van der Waals surface area contributed by atoms with Crippen molar-refractivity contribution in [3.63, 3.8) is 0 Å². The Hall–Kier alpha value is -2.11. The quantitative estimate of drug-likeness (QED) is 0.763. The number of urea groups is 1. The molecule has 6 heteroatoms. The van der Waals surface area contributed by atoms with Crippen molar-refractivity contribution in [2.45, 2.75) is 37.8 Å². The highest BCUT2D eigenvalue weighted by molar-refractivity contribution is 5.86. The summed E-state index contributed by atoms with van der Waals surface area (Å²) in [4.78, 5) is 27.0. The predicted molar refractivity (Wildman–Crippen MR) is 68.4 cm³/mol. The van der Waals surface area contributed by atoms with Crippen LogP contribution in [0.15, 0.2) is 24.5 Å². The summed E-state index contributed by atoms with van der Waals surface area (Å²) in [6, 6.07) is 3.17. The summed E-state index contributed by atoms with van der Waals surface area (Å²) in [5.41, 5.74) is -0.229. The van der Waals surface area contributed by atoms with Crippen LogP contribution in [0.25, 0.3) is 0 Å². The van der Waals surface area contributed by atoms with Gasteiger partial charge in [0, 0.05) is 18.9 Å². The fraction of sp³-hybridized carbons (Fsp3) is 0.462. The van der Waals surface area contributed by atoms with Gasteiger partial charge in [0.2, 0.25) is 0 Å². The van der Waals surface area contributed by atoms with E-state index in [0.29, 0.717) is 19.4 Å². The summed E-state index contributed by atoms with van der Waals surface area (Å²) in [6.07, 6.45) is 5.94. The number of nitrogens with zero attached hydrogens (tertiary/aromatic N) is 1. The zero-order chi connectivity index (χ0) is 13.7. The molecular weight excluding hydrogens is 246 g/mol. The molecule has 1 saturated carbocycles. The number of carbonyl (C=O) groups excluding carboxylic acids is 1. The zero-order valence-corrected chi connectivity index (χ0v) is 10.6. The van der Waals surface area contributed by atoms with E-state index >= 15 is 0 Å². The summed E-state index contributed by atoms with van der Waals surface area (Å²) in [5.74, 6) is -0.957. The number of nitrogens with one attached hydrogen (secondary N) is 2. The molecule has 102 valence electrons. The molecule has 2 rings (SSSR count). The van der Waals surface area contributed by atoms with Crippen molar-refractivity contribution in [2.24, 2.45) is 0 Å². The minimum Gasteiger partial charge on any atom is -0.480 e. The molecule has 1 aromatic rings. The van der Waals surface area contributed by atoms with Gasteiger partial charge >= 0.3 is 12.0 Å². The van der Waals surface area contributed by atoms with Crippen molar-refractivity contribution in [3.05, 3.63) is 30.1 Å². The molecular formula is C13H17N3O3. The highest BCUT2D eigenvalue weighted by Crippen LogP contribution is 2.29. The molecule has 1 aliphatic carbocycles. The Balaban J connectivity index is 1.88. The van der Waals surface area contributed by atoms with Gasteiger partial charge in [-0.2, -0.15) is 0 Å². The molecule has 0 radical (unpaired) electrons. The smallest absolute Gasteiger partial charge is 0.329 e. The van der Waals surface area contributed by atoms with E-state index in [1.54, 1.807) is 18.5 Å². The van der Waals surface area contributed by atoms with Crippen molar-refractivity contribution in [2.75, 3.05) is 0 Å². The van der Waals surface area contributed by atoms with Gasteiger partial charge in [0.25, 0.3) is 0 Å². The van der Waals surface area contributed by atoms with Crippen molar-refractivity contribution < 1.29 is 14.7 Å². The SMILES string of the molecule is O=C(NCc1cccnc1)NC1(C(=O)O)CCCC1. The van der Waals surface area contributed by atoms with Gasteiger partial charge in [-0.1, -0.05) is 18.9 Å². The first-order valence-corrected chi connectivity index (χ1v) is 6.31.